The van der Waals surface area contributed by atoms with Gasteiger partial charge < -0.3 is 11.5 Å². The lowest BCUT2D eigenvalue weighted by Gasteiger charge is -2.01. The molecule has 2 nitrogen and oxygen atoms in total. The Hall–Kier alpha value is -0.740. The van der Waals surface area contributed by atoms with E-state index in [4.69, 9.17) is 11.5 Å². The van der Waals surface area contributed by atoms with Crippen LogP contribution in [-0.4, -0.2) is 12.3 Å². The predicted octanol–water partition coefficient (Wildman–Crippen LogP) is 1.46. The normalized spacial score (nSPS) is 10.2. The third-order valence-electron chi connectivity index (χ3n) is 1.28. The first-order valence-corrected chi connectivity index (χ1v) is 4.60. The summed E-state index contributed by atoms with van der Waals surface area (Å²) in [5.41, 5.74) is 11.2. The van der Waals surface area contributed by atoms with Gasteiger partial charge in [0.05, 0.1) is 0 Å². The molecule has 0 radical (unpaired) electrons. The molecule has 0 unspecified atom stereocenters. The van der Waals surface area contributed by atoms with Crippen LogP contribution in [0.4, 0.5) is 10.1 Å². The SMILES string of the molecule is NCCSc1cc(N)cc(F)c1. The van der Waals surface area contributed by atoms with Gasteiger partial charge in [0.2, 0.25) is 0 Å². The highest BCUT2D eigenvalue weighted by atomic mass is 32.2. The van der Waals surface area contributed by atoms with E-state index >= 15 is 0 Å². The summed E-state index contributed by atoms with van der Waals surface area (Å²) in [5, 5.41) is 0. The monoisotopic (exact) mass is 186 g/mol. The molecule has 0 bridgehead atoms. The van der Waals surface area contributed by atoms with Crippen LogP contribution in [-0.2, 0) is 0 Å². The summed E-state index contributed by atoms with van der Waals surface area (Å²) in [5.74, 6) is 0.484. The number of nitrogen functional groups attached to an aromatic ring is 1. The summed E-state index contributed by atoms with van der Waals surface area (Å²) in [6.45, 7) is 0.584. The summed E-state index contributed by atoms with van der Waals surface area (Å²) in [6, 6.07) is 4.49. The summed E-state index contributed by atoms with van der Waals surface area (Å²) < 4.78 is 12.7. The topological polar surface area (TPSA) is 52.0 Å². The molecule has 4 N–H and O–H groups in total. The van der Waals surface area contributed by atoms with Crippen molar-refractivity contribution >= 4 is 17.4 Å². The van der Waals surface area contributed by atoms with Gasteiger partial charge in [0.1, 0.15) is 5.82 Å². The second-order valence-electron chi connectivity index (χ2n) is 2.36. The van der Waals surface area contributed by atoms with Crippen LogP contribution in [0.1, 0.15) is 0 Å². The van der Waals surface area contributed by atoms with Crippen molar-refractivity contribution in [2.75, 3.05) is 18.0 Å². The fraction of sp³-hybridized carbons (Fsp3) is 0.250. The van der Waals surface area contributed by atoms with Gasteiger partial charge in [-0.25, -0.2) is 4.39 Å². The standard InChI is InChI=1S/C8H11FN2S/c9-6-3-7(11)5-8(4-6)12-2-1-10/h3-5H,1-2,10-11H2. The van der Waals surface area contributed by atoms with E-state index in [0.717, 1.165) is 10.6 Å². The Bertz CT molecular complexity index is 245. The van der Waals surface area contributed by atoms with E-state index in [0.29, 0.717) is 12.2 Å². The number of halogens is 1. The molecule has 1 aromatic rings. The smallest absolute Gasteiger partial charge is 0.126 e. The molecule has 0 aliphatic heterocycles. The van der Waals surface area contributed by atoms with Crippen molar-refractivity contribution in [2.45, 2.75) is 4.90 Å². The van der Waals surface area contributed by atoms with Crippen LogP contribution in [0, 0.1) is 5.82 Å². The Labute approximate surface area is 75.1 Å². The van der Waals surface area contributed by atoms with Crippen molar-refractivity contribution in [2.24, 2.45) is 5.73 Å². The quantitative estimate of drug-likeness (QED) is 0.555. The van der Waals surface area contributed by atoms with Crippen molar-refractivity contribution in [1.82, 2.24) is 0 Å². The molecule has 0 aliphatic carbocycles. The highest BCUT2D eigenvalue weighted by molar-refractivity contribution is 7.99. The van der Waals surface area contributed by atoms with Gasteiger partial charge in [0.25, 0.3) is 0 Å². The van der Waals surface area contributed by atoms with Gasteiger partial charge in [-0.3, -0.25) is 0 Å². The molecule has 0 aliphatic rings. The fourth-order valence-electron chi connectivity index (χ4n) is 0.844. The summed E-state index contributed by atoms with van der Waals surface area (Å²) in [7, 11) is 0. The van der Waals surface area contributed by atoms with E-state index in [1.165, 1.54) is 23.9 Å². The first kappa shape index (κ1) is 9.35. The Balaban J connectivity index is 2.72. The minimum atomic E-state index is -0.297. The zero-order valence-electron chi connectivity index (χ0n) is 6.59. The number of benzene rings is 1. The van der Waals surface area contributed by atoms with E-state index < -0.39 is 0 Å². The van der Waals surface area contributed by atoms with Crippen LogP contribution in [0.15, 0.2) is 23.1 Å². The molecule has 0 aromatic heterocycles. The number of nitrogens with two attached hydrogens (primary N) is 2. The van der Waals surface area contributed by atoms with Crippen LogP contribution < -0.4 is 11.5 Å². The first-order valence-electron chi connectivity index (χ1n) is 3.61. The van der Waals surface area contributed by atoms with Crippen molar-refractivity contribution in [3.63, 3.8) is 0 Å². The molecule has 1 aromatic carbocycles. The van der Waals surface area contributed by atoms with Crippen LogP contribution in [0.2, 0.25) is 0 Å². The van der Waals surface area contributed by atoms with Gasteiger partial charge in [-0.15, -0.1) is 11.8 Å². The maximum absolute atomic E-state index is 12.7. The van der Waals surface area contributed by atoms with Crippen LogP contribution in [0.5, 0.6) is 0 Å². The average Bonchev–Trinajstić information content (AvgIpc) is 1.99. The molecule has 0 atom stereocenters. The lowest BCUT2D eigenvalue weighted by molar-refractivity contribution is 0.625. The van der Waals surface area contributed by atoms with E-state index in [9.17, 15) is 4.39 Å². The second kappa shape index (κ2) is 4.33. The van der Waals surface area contributed by atoms with Crippen LogP contribution in [0.25, 0.3) is 0 Å². The molecule has 66 valence electrons. The Kier molecular flexibility index (Phi) is 3.37. The molecular weight excluding hydrogens is 175 g/mol. The molecule has 0 saturated heterocycles. The largest absolute Gasteiger partial charge is 0.399 e. The van der Waals surface area contributed by atoms with Gasteiger partial charge in [0, 0.05) is 22.9 Å². The second-order valence-corrected chi connectivity index (χ2v) is 3.53. The van der Waals surface area contributed by atoms with E-state index in [2.05, 4.69) is 0 Å². The van der Waals surface area contributed by atoms with Crippen LogP contribution >= 0.6 is 11.8 Å². The zero-order chi connectivity index (χ0) is 8.97. The summed E-state index contributed by atoms with van der Waals surface area (Å²) in [4.78, 5) is 0.831. The minimum Gasteiger partial charge on any atom is -0.399 e. The lowest BCUT2D eigenvalue weighted by Crippen LogP contribution is -2.01. The average molecular weight is 186 g/mol. The number of anilines is 1. The van der Waals surface area contributed by atoms with Crippen molar-refractivity contribution in [3.8, 4) is 0 Å². The third kappa shape index (κ3) is 2.71. The molecule has 0 saturated carbocycles. The number of rotatable bonds is 3. The van der Waals surface area contributed by atoms with Crippen molar-refractivity contribution in [1.29, 1.82) is 0 Å². The van der Waals surface area contributed by atoms with Crippen molar-refractivity contribution in [3.05, 3.63) is 24.0 Å². The molecular formula is C8H11FN2S. The molecule has 1 rings (SSSR count). The predicted molar refractivity (Wildman–Crippen MR) is 50.6 cm³/mol. The number of thioether (sulfide) groups is 1. The van der Waals surface area contributed by atoms with E-state index in [1.54, 1.807) is 6.07 Å². The minimum absolute atomic E-state index is 0.297. The van der Waals surface area contributed by atoms with E-state index in [-0.39, 0.29) is 5.82 Å². The Morgan fingerprint density at radius 1 is 1.33 bits per heavy atom. The maximum atomic E-state index is 12.7. The van der Waals surface area contributed by atoms with Crippen LogP contribution in [0.3, 0.4) is 0 Å². The molecule has 12 heavy (non-hydrogen) atoms. The fourth-order valence-corrected chi connectivity index (χ4v) is 1.61. The Morgan fingerprint density at radius 2 is 2.08 bits per heavy atom. The molecule has 4 heteroatoms. The Morgan fingerprint density at radius 3 is 2.67 bits per heavy atom. The maximum Gasteiger partial charge on any atom is 0.126 e. The van der Waals surface area contributed by atoms with E-state index in [1.807, 2.05) is 0 Å². The zero-order valence-corrected chi connectivity index (χ0v) is 7.40. The highest BCUT2D eigenvalue weighted by Gasteiger charge is 1.97. The van der Waals surface area contributed by atoms with Gasteiger partial charge in [-0.05, 0) is 18.2 Å². The number of hydrogen-bond acceptors (Lipinski definition) is 3. The number of hydrogen-bond donors (Lipinski definition) is 2. The van der Waals surface area contributed by atoms with Gasteiger partial charge in [-0.2, -0.15) is 0 Å². The molecule has 0 heterocycles. The molecule has 0 spiro atoms. The van der Waals surface area contributed by atoms with Gasteiger partial charge in [0.15, 0.2) is 0 Å². The lowest BCUT2D eigenvalue weighted by atomic mass is 10.3. The first-order chi connectivity index (χ1) is 5.72. The summed E-state index contributed by atoms with van der Waals surface area (Å²) in [6.07, 6.45) is 0. The van der Waals surface area contributed by atoms with Gasteiger partial charge >= 0.3 is 0 Å². The molecule has 0 amide bonds. The van der Waals surface area contributed by atoms with Crippen molar-refractivity contribution < 1.29 is 4.39 Å². The molecule has 0 fully saturated rings. The third-order valence-corrected chi connectivity index (χ3v) is 2.29. The highest BCUT2D eigenvalue weighted by Crippen LogP contribution is 2.21. The van der Waals surface area contributed by atoms with Gasteiger partial charge in [-0.1, -0.05) is 0 Å². The summed E-state index contributed by atoms with van der Waals surface area (Å²) >= 11 is 1.50.